The summed E-state index contributed by atoms with van der Waals surface area (Å²) in [4.78, 5) is 14.9. The predicted molar refractivity (Wildman–Crippen MR) is 97.6 cm³/mol. The number of carbonyl (C=O) groups is 1. The maximum absolute atomic E-state index is 12.8. The maximum atomic E-state index is 12.8. The first-order valence-corrected chi connectivity index (χ1v) is 8.80. The van der Waals surface area contributed by atoms with E-state index in [1.807, 2.05) is 37.4 Å². The Bertz CT molecular complexity index is 662. The fraction of sp³-hybridized carbons (Fsp3) is 0.381. The summed E-state index contributed by atoms with van der Waals surface area (Å²) in [6.45, 7) is 2.91. The molecule has 3 heteroatoms. The number of rotatable bonds is 7. The Hall–Kier alpha value is -2.13. The first-order chi connectivity index (χ1) is 11.7. The molecule has 0 bridgehead atoms. The second-order valence-electron chi connectivity index (χ2n) is 6.68. The van der Waals surface area contributed by atoms with Crippen molar-refractivity contribution in [2.45, 2.75) is 44.8 Å². The van der Waals surface area contributed by atoms with E-state index in [-0.39, 0.29) is 11.9 Å². The van der Waals surface area contributed by atoms with Crippen molar-refractivity contribution in [2.75, 3.05) is 7.05 Å². The molecule has 1 amide bonds. The molecule has 24 heavy (non-hydrogen) atoms. The highest BCUT2D eigenvalue weighted by Gasteiger charge is 2.30. The summed E-state index contributed by atoms with van der Waals surface area (Å²) in [5, 5.41) is 3.16. The lowest BCUT2D eigenvalue weighted by molar-refractivity contribution is -0.126. The van der Waals surface area contributed by atoms with Crippen LogP contribution in [0.25, 0.3) is 0 Å². The molecule has 0 spiro atoms. The predicted octanol–water partition coefficient (Wildman–Crippen LogP) is 3.70. The van der Waals surface area contributed by atoms with Gasteiger partial charge in [0, 0.05) is 12.6 Å². The van der Waals surface area contributed by atoms with E-state index in [0.29, 0.717) is 6.04 Å². The minimum Gasteiger partial charge on any atom is -0.352 e. The highest BCUT2D eigenvalue weighted by Crippen LogP contribution is 2.25. The van der Waals surface area contributed by atoms with Crippen LogP contribution in [-0.4, -0.2) is 23.9 Å². The van der Waals surface area contributed by atoms with Crippen molar-refractivity contribution in [3.63, 3.8) is 0 Å². The summed E-state index contributed by atoms with van der Waals surface area (Å²) in [6.07, 6.45) is 3.26. The zero-order valence-electron chi connectivity index (χ0n) is 14.5. The van der Waals surface area contributed by atoms with Crippen LogP contribution in [0, 0.1) is 0 Å². The highest BCUT2D eigenvalue weighted by molar-refractivity contribution is 5.83. The summed E-state index contributed by atoms with van der Waals surface area (Å²) < 4.78 is 0. The molecule has 3 nitrogen and oxygen atoms in total. The van der Waals surface area contributed by atoms with Gasteiger partial charge in [-0.25, -0.2) is 0 Å². The number of benzene rings is 2. The van der Waals surface area contributed by atoms with Gasteiger partial charge in [-0.05, 0) is 43.0 Å². The van der Waals surface area contributed by atoms with Gasteiger partial charge in [-0.1, -0.05) is 61.5 Å². The Morgan fingerprint density at radius 1 is 1.08 bits per heavy atom. The van der Waals surface area contributed by atoms with Crippen LogP contribution in [-0.2, 0) is 17.8 Å². The van der Waals surface area contributed by atoms with Crippen LogP contribution in [0.5, 0.6) is 0 Å². The van der Waals surface area contributed by atoms with Crippen molar-refractivity contribution in [1.82, 2.24) is 10.2 Å². The molecule has 0 aromatic heterocycles. The van der Waals surface area contributed by atoms with Gasteiger partial charge >= 0.3 is 0 Å². The third kappa shape index (κ3) is 4.24. The molecule has 0 aliphatic heterocycles. The van der Waals surface area contributed by atoms with E-state index >= 15 is 0 Å². The van der Waals surface area contributed by atoms with Crippen molar-refractivity contribution in [3.05, 3.63) is 71.3 Å². The number of nitrogens with one attached hydrogen (secondary N) is 1. The number of carbonyl (C=O) groups excluding carboxylic acids is 1. The van der Waals surface area contributed by atoms with E-state index in [4.69, 9.17) is 0 Å². The lowest BCUT2D eigenvalue weighted by Gasteiger charge is -2.27. The molecule has 0 saturated heterocycles. The van der Waals surface area contributed by atoms with Crippen molar-refractivity contribution in [2.24, 2.45) is 0 Å². The minimum atomic E-state index is -0.252. The molecule has 0 heterocycles. The zero-order chi connectivity index (χ0) is 16.9. The van der Waals surface area contributed by atoms with Crippen molar-refractivity contribution in [1.29, 1.82) is 0 Å². The van der Waals surface area contributed by atoms with Crippen LogP contribution >= 0.6 is 0 Å². The molecule has 1 atom stereocenters. The average molecular weight is 322 g/mol. The van der Waals surface area contributed by atoms with E-state index in [9.17, 15) is 4.79 Å². The molecule has 3 rings (SSSR count). The van der Waals surface area contributed by atoms with E-state index in [1.165, 1.54) is 11.1 Å². The van der Waals surface area contributed by atoms with Crippen molar-refractivity contribution >= 4 is 5.91 Å². The second kappa shape index (κ2) is 7.63. The van der Waals surface area contributed by atoms with Gasteiger partial charge < -0.3 is 5.32 Å². The Balaban J connectivity index is 1.76. The molecule has 0 unspecified atom stereocenters. The SMILES string of the molecule is CCc1ccc(CN(C)[C@@H](C(=O)NC2CC2)c2ccccc2)cc1. The second-order valence-corrected chi connectivity index (χ2v) is 6.68. The first kappa shape index (κ1) is 16.7. The molecular weight excluding hydrogens is 296 g/mol. The Kier molecular flexibility index (Phi) is 5.31. The number of hydrogen-bond donors (Lipinski definition) is 1. The topological polar surface area (TPSA) is 32.3 Å². The highest BCUT2D eigenvalue weighted by atomic mass is 16.2. The molecule has 0 radical (unpaired) electrons. The molecule has 1 aliphatic rings. The van der Waals surface area contributed by atoms with Crippen LogP contribution in [0.4, 0.5) is 0 Å². The molecule has 2 aromatic rings. The van der Waals surface area contributed by atoms with Gasteiger partial charge in [0.1, 0.15) is 6.04 Å². The first-order valence-electron chi connectivity index (χ1n) is 8.80. The number of hydrogen-bond acceptors (Lipinski definition) is 2. The molecular formula is C21H26N2O. The lowest BCUT2D eigenvalue weighted by atomic mass is 10.0. The summed E-state index contributed by atoms with van der Waals surface area (Å²) in [5.74, 6) is 0.108. The van der Waals surface area contributed by atoms with Gasteiger partial charge in [-0.3, -0.25) is 9.69 Å². The van der Waals surface area contributed by atoms with Gasteiger partial charge in [0.05, 0.1) is 0 Å². The standard InChI is InChI=1S/C21H26N2O/c1-3-16-9-11-17(12-10-16)15-23(2)20(18-7-5-4-6-8-18)21(24)22-19-13-14-19/h4-12,19-20H,3,13-15H2,1-2H3,(H,22,24)/t20-/m1/s1. The summed E-state index contributed by atoms with van der Waals surface area (Å²) in [7, 11) is 2.03. The van der Waals surface area contributed by atoms with Crippen molar-refractivity contribution < 1.29 is 4.79 Å². The van der Waals surface area contributed by atoms with Crippen LogP contribution in [0.3, 0.4) is 0 Å². The summed E-state index contributed by atoms with van der Waals surface area (Å²) in [6, 6.07) is 18.8. The number of aryl methyl sites for hydroxylation is 1. The molecule has 126 valence electrons. The maximum Gasteiger partial charge on any atom is 0.242 e. The van der Waals surface area contributed by atoms with Gasteiger partial charge in [-0.2, -0.15) is 0 Å². The Morgan fingerprint density at radius 3 is 2.29 bits per heavy atom. The molecule has 1 N–H and O–H groups in total. The van der Waals surface area contributed by atoms with Gasteiger partial charge in [0.25, 0.3) is 0 Å². The molecule has 1 saturated carbocycles. The fourth-order valence-corrected chi connectivity index (χ4v) is 3.01. The number of amides is 1. The van der Waals surface area contributed by atoms with Crippen LogP contribution in [0.15, 0.2) is 54.6 Å². The van der Waals surface area contributed by atoms with Crippen LogP contribution in [0.1, 0.15) is 42.5 Å². The van der Waals surface area contributed by atoms with Gasteiger partial charge in [0.15, 0.2) is 0 Å². The summed E-state index contributed by atoms with van der Waals surface area (Å²) >= 11 is 0. The molecule has 1 fully saturated rings. The minimum absolute atomic E-state index is 0.108. The lowest BCUT2D eigenvalue weighted by Crippen LogP contribution is -2.39. The Labute approximate surface area is 144 Å². The zero-order valence-corrected chi connectivity index (χ0v) is 14.5. The smallest absolute Gasteiger partial charge is 0.242 e. The monoisotopic (exact) mass is 322 g/mol. The van der Waals surface area contributed by atoms with Gasteiger partial charge in [0.2, 0.25) is 5.91 Å². The van der Waals surface area contributed by atoms with E-state index in [2.05, 4.69) is 41.4 Å². The van der Waals surface area contributed by atoms with Gasteiger partial charge in [-0.15, -0.1) is 0 Å². The molecule has 1 aliphatic carbocycles. The number of likely N-dealkylation sites (N-methyl/N-ethyl adjacent to an activating group) is 1. The van der Waals surface area contributed by atoms with E-state index < -0.39 is 0 Å². The molecule has 2 aromatic carbocycles. The van der Waals surface area contributed by atoms with E-state index in [1.54, 1.807) is 0 Å². The quantitative estimate of drug-likeness (QED) is 0.843. The normalized spacial score (nSPS) is 15.3. The third-order valence-electron chi connectivity index (χ3n) is 4.59. The third-order valence-corrected chi connectivity index (χ3v) is 4.59. The number of nitrogens with zero attached hydrogens (tertiary/aromatic N) is 1. The fourth-order valence-electron chi connectivity index (χ4n) is 3.01. The van der Waals surface area contributed by atoms with Crippen LogP contribution in [0.2, 0.25) is 0 Å². The Morgan fingerprint density at radius 2 is 1.71 bits per heavy atom. The van der Waals surface area contributed by atoms with E-state index in [0.717, 1.165) is 31.4 Å². The average Bonchev–Trinajstić information content (AvgIpc) is 3.40. The summed E-state index contributed by atoms with van der Waals surface area (Å²) in [5.41, 5.74) is 3.62. The van der Waals surface area contributed by atoms with Crippen molar-refractivity contribution in [3.8, 4) is 0 Å². The van der Waals surface area contributed by atoms with Crippen LogP contribution < -0.4 is 5.32 Å². The largest absolute Gasteiger partial charge is 0.352 e.